The van der Waals surface area contributed by atoms with Crippen molar-refractivity contribution >= 4 is 5.69 Å². The molecule has 7 nitrogen and oxygen atoms in total. The van der Waals surface area contributed by atoms with Crippen LogP contribution < -0.4 is 11.2 Å². The number of nitrogens with zero attached hydrogens (tertiary/aromatic N) is 2. The Hall–Kier alpha value is -3.14. The summed E-state index contributed by atoms with van der Waals surface area (Å²) in [5.74, 6) is 5.30. The SMILES string of the molecule is O=c1ccn(CC#Cc2ccccc2[N+](=O)[O-])c(=O)[nH]1. The highest BCUT2D eigenvalue weighted by Gasteiger charge is 2.09. The third-order valence-electron chi connectivity index (χ3n) is 2.47. The molecule has 7 heteroatoms. The molecule has 0 spiro atoms. The van der Waals surface area contributed by atoms with Gasteiger partial charge in [-0.2, -0.15) is 0 Å². The van der Waals surface area contributed by atoms with Crippen LogP contribution in [0, 0.1) is 22.0 Å². The van der Waals surface area contributed by atoms with E-state index in [4.69, 9.17) is 0 Å². The molecular formula is C13H9N3O4. The van der Waals surface area contributed by atoms with Crippen LogP contribution in [0.15, 0.2) is 46.1 Å². The highest BCUT2D eigenvalue weighted by Crippen LogP contribution is 2.15. The molecule has 2 aromatic rings. The largest absolute Gasteiger partial charge is 0.329 e. The normalized spacial score (nSPS) is 9.60. The first kappa shape index (κ1) is 13.3. The molecule has 1 aromatic carbocycles. The maximum absolute atomic E-state index is 11.4. The van der Waals surface area contributed by atoms with Crippen LogP contribution in [-0.2, 0) is 6.54 Å². The molecule has 0 atom stereocenters. The maximum Gasteiger partial charge on any atom is 0.329 e. The smallest absolute Gasteiger partial charge is 0.289 e. The molecule has 2 rings (SSSR count). The Labute approximate surface area is 112 Å². The van der Waals surface area contributed by atoms with Crippen LogP contribution in [0.5, 0.6) is 0 Å². The average molecular weight is 271 g/mol. The van der Waals surface area contributed by atoms with Gasteiger partial charge in [0.05, 0.1) is 11.5 Å². The minimum Gasteiger partial charge on any atom is -0.289 e. The number of H-pyrrole nitrogens is 1. The second kappa shape index (κ2) is 5.67. The van der Waals surface area contributed by atoms with Crippen molar-refractivity contribution in [2.24, 2.45) is 0 Å². The zero-order valence-electron chi connectivity index (χ0n) is 10.2. The van der Waals surface area contributed by atoms with Crippen molar-refractivity contribution in [3.8, 4) is 11.8 Å². The van der Waals surface area contributed by atoms with E-state index in [0.29, 0.717) is 0 Å². The third kappa shape index (κ3) is 3.00. The Morgan fingerprint density at radius 1 is 1.25 bits per heavy atom. The molecule has 0 saturated carbocycles. The Bertz CT molecular complexity index is 823. The van der Waals surface area contributed by atoms with Gasteiger partial charge in [-0.3, -0.25) is 24.5 Å². The predicted octanol–water partition coefficient (Wildman–Crippen LogP) is 0.496. The van der Waals surface area contributed by atoms with Gasteiger partial charge in [-0.15, -0.1) is 0 Å². The first-order valence-electron chi connectivity index (χ1n) is 5.60. The fraction of sp³-hybridized carbons (Fsp3) is 0.0769. The van der Waals surface area contributed by atoms with Crippen LogP contribution in [0.25, 0.3) is 0 Å². The summed E-state index contributed by atoms with van der Waals surface area (Å²) >= 11 is 0. The first-order valence-corrected chi connectivity index (χ1v) is 5.60. The molecule has 0 radical (unpaired) electrons. The van der Waals surface area contributed by atoms with Gasteiger partial charge in [0.2, 0.25) is 0 Å². The van der Waals surface area contributed by atoms with Crippen LogP contribution in [0.4, 0.5) is 5.69 Å². The summed E-state index contributed by atoms with van der Waals surface area (Å²) in [7, 11) is 0. The molecule has 1 aromatic heterocycles. The van der Waals surface area contributed by atoms with E-state index in [0.717, 1.165) is 0 Å². The van der Waals surface area contributed by atoms with Gasteiger partial charge in [0, 0.05) is 18.3 Å². The number of hydrogen-bond donors (Lipinski definition) is 1. The van der Waals surface area contributed by atoms with E-state index >= 15 is 0 Å². The molecule has 1 heterocycles. The van der Waals surface area contributed by atoms with Gasteiger partial charge in [-0.25, -0.2) is 4.79 Å². The lowest BCUT2D eigenvalue weighted by Crippen LogP contribution is -2.28. The Kier molecular flexibility index (Phi) is 3.77. The lowest BCUT2D eigenvalue weighted by atomic mass is 10.2. The number of aromatic nitrogens is 2. The summed E-state index contributed by atoms with van der Waals surface area (Å²) in [6.45, 7) is 0.0294. The standard InChI is InChI=1S/C13H9N3O4/c17-12-7-9-15(13(18)14-12)8-3-5-10-4-1-2-6-11(10)16(19)20/h1-2,4,6-7,9H,8H2,(H,14,17,18). The van der Waals surface area contributed by atoms with Crippen molar-refractivity contribution in [1.82, 2.24) is 9.55 Å². The molecule has 0 aliphatic heterocycles. The summed E-state index contributed by atoms with van der Waals surface area (Å²) in [4.78, 5) is 34.6. The van der Waals surface area contributed by atoms with Crippen LogP contribution >= 0.6 is 0 Å². The summed E-state index contributed by atoms with van der Waals surface area (Å²) < 4.78 is 1.20. The monoisotopic (exact) mass is 271 g/mol. The molecule has 20 heavy (non-hydrogen) atoms. The third-order valence-corrected chi connectivity index (χ3v) is 2.47. The second-order valence-electron chi connectivity index (χ2n) is 3.81. The molecule has 0 aliphatic rings. The predicted molar refractivity (Wildman–Crippen MR) is 71.3 cm³/mol. The molecule has 100 valence electrons. The van der Waals surface area contributed by atoms with Gasteiger partial charge in [0.25, 0.3) is 11.2 Å². The number of nitro benzene ring substituents is 1. The first-order chi connectivity index (χ1) is 9.58. The molecule has 0 saturated heterocycles. The quantitative estimate of drug-likeness (QED) is 0.488. The molecular weight excluding hydrogens is 262 g/mol. The lowest BCUT2D eigenvalue weighted by molar-refractivity contribution is -0.385. The van der Waals surface area contributed by atoms with E-state index in [1.54, 1.807) is 12.1 Å². The van der Waals surface area contributed by atoms with E-state index < -0.39 is 16.2 Å². The van der Waals surface area contributed by atoms with Gasteiger partial charge in [0.1, 0.15) is 5.56 Å². The van der Waals surface area contributed by atoms with E-state index in [1.165, 1.54) is 29.0 Å². The van der Waals surface area contributed by atoms with Gasteiger partial charge in [0.15, 0.2) is 0 Å². The van der Waals surface area contributed by atoms with Crippen molar-refractivity contribution < 1.29 is 4.92 Å². The van der Waals surface area contributed by atoms with Gasteiger partial charge in [-0.05, 0) is 6.07 Å². The number of rotatable bonds is 2. The van der Waals surface area contributed by atoms with Gasteiger partial charge >= 0.3 is 5.69 Å². The van der Waals surface area contributed by atoms with Crippen LogP contribution in [-0.4, -0.2) is 14.5 Å². The van der Waals surface area contributed by atoms with Crippen LogP contribution in [0.3, 0.4) is 0 Å². The number of para-hydroxylation sites is 1. The van der Waals surface area contributed by atoms with E-state index in [2.05, 4.69) is 16.8 Å². The molecule has 1 N–H and O–H groups in total. The lowest BCUT2D eigenvalue weighted by Gasteiger charge is -1.97. The van der Waals surface area contributed by atoms with Crippen molar-refractivity contribution in [2.45, 2.75) is 6.54 Å². The number of nitrogens with one attached hydrogen (secondary N) is 1. The minimum atomic E-state index is -0.575. The fourth-order valence-electron chi connectivity index (χ4n) is 1.53. The molecule has 0 aliphatic carbocycles. The second-order valence-corrected chi connectivity index (χ2v) is 3.81. The summed E-state index contributed by atoms with van der Waals surface area (Å²) in [5.41, 5.74) is -0.879. The van der Waals surface area contributed by atoms with E-state index in [9.17, 15) is 19.7 Å². The molecule has 0 fully saturated rings. The number of hydrogen-bond acceptors (Lipinski definition) is 4. The average Bonchev–Trinajstić information content (AvgIpc) is 2.41. The summed E-state index contributed by atoms with van der Waals surface area (Å²) in [5, 5.41) is 10.8. The fourth-order valence-corrected chi connectivity index (χ4v) is 1.53. The zero-order valence-corrected chi connectivity index (χ0v) is 10.2. The van der Waals surface area contributed by atoms with Crippen LogP contribution in [0.2, 0.25) is 0 Å². The highest BCUT2D eigenvalue weighted by molar-refractivity contribution is 5.50. The topological polar surface area (TPSA) is 98.0 Å². The van der Waals surface area contributed by atoms with Crippen molar-refractivity contribution in [2.75, 3.05) is 0 Å². The van der Waals surface area contributed by atoms with Gasteiger partial charge < -0.3 is 0 Å². The highest BCUT2D eigenvalue weighted by atomic mass is 16.6. The summed E-state index contributed by atoms with van der Waals surface area (Å²) in [6, 6.07) is 7.28. The van der Waals surface area contributed by atoms with Crippen molar-refractivity contribution in [3.63, 3.8) is 0 Å². The molecule has 0 bridgehead atoms. The van der Waals surface area contributed by atoms with Crippen LogP contribution in [0.1, 0.15) is 5.56 Å². The Morgan fingerprint density at radius 3 is 2.70 bits per heavy atom. The van der Waals surface area contributed by atoms with E-state index in [-0.39, 0.29) is 17.8 Å². The zero-order chi connectivity index (χ0) is 14.5. The molecule has 0 amide bonds. The van der Waals surface area contributed by atoms with Crippen molar-refractivity contribution in [3.05, 3.63) is 73.0 Å². The van der Waals surface area contributed by atoms with Gasteiger partial charge in [-0.1, -0.05) is 24.0 Å². The maximum atomic E-state index is 11.4. The number of aromatic amines is 1. The number of benzene rings is 1. The molecule has 0 unspecified atom stereocenters. The minimum absolute atomic E-state index is 0.0294. The Balaban J connectivity index is 2.26. The van der Waals surface area contributed by atoms with E-state index in [1.807, 2.05) is 0 Å². The van der Waals surface area contributed by atoms with Crippen molar-refractivity contribution in [1.29, 1.82) is 0 Å². The number of nitro groups is 1. The Morgan fingerprint density at radius 2 is 2.00 bits per heavy atom. The summed E-state index contributed by atoms with van der Waals surface area (Å²) in [6.07, 6.45) is 1.31.